The molecule has 29 heavy (non-hydrogen) atoms. The third-order valence-corrected chi connectivity index (χ3v) is 4.56. The number of nitrogens with zero attached hydrogens (tertiary/aromatic N) is 1. The molecule has 6 heteroatoms. The highest BCUT2D eigenvalue weighted by Crippen LogP contribution is 2.29. The van der Waals surface area contributed by atoms with Crippen LogP contribution in [-0.4, -0.2) is 29.5 Å². The van der Waals surface area contributed by atoms with Gasteiger partial charge in [-0.15, -0.1) is 0 Å². The van der Waals surface area contributed by atoms with Gasteiger partial charge in [0.15, 0.2) is 5.58 Å². The van der Waals surface area contributed by atoms with Crippen LogP contribution in [0.5, 0.6) is 5.75 Å². The summed E-state index contributed by atoms with van der Waals surface area (Å²) in [4.78, 5) is 0. The summed E-state index contributed by atoms with van der Waals surface area (Å²) >= 11 is 0. The van der Waals surface area contributed by atoms with Crippen LogP contribution < -0.4 is 10.1 Å². The van der Waals surface area contributed by atoms with E-state index in [-0.39, 0.29) is 12.4 Å². The van der Waals surface area contributed by atoms with Gasteiger partial charge in [0.2, 0.25) is 0 Å². The van der Waals surface area contributed by atoms with Gasteiger partial charge in [0.25, 0.3) is 0 Å². The van der Waals surface area contributed by atoms with Crippen molar-refractivity contribution < 1.29 is 18.8 Å². The average Bonchev–Trinajstić information content (AvgIpc) is 3.16. The van der Waals surface area contributed by atoms with E-state index in [0.717, 1.165) is 10.9 Å². The molecule has 2 N–H and O–H groups in total. The van der Waals surface area contributed by atoms with Crippen LogP contribution in [0.15, 0.2) is 77.3 Å². The van der Waals surface area contributed by atoms with Crippen molar-refractivity contribution in [1.82, 2.24) is 10.5 Å². The summed E-state index contributed by atoms with van der Waals surface area (Å²) in [6.45, 7) is 1.32. The Morgan fingerprint density at radius 3 is 2.62 bits per heavy atom. The number of nitrogens with one attached hydrogen (secondary N) is 1. The van der Waals surface area contributed by atoms with E-state index in [9.17, 15) is 9.50 Å². The zero-order valence-corrected chi connectivity index (χ0v) is 15.7. The second-order valence-electron chi connectivity index (χ2n) is 6.78. The number of hydrogen-bond donors (Lipinski definition) is 2. The maximum atomic E-state index is 13.3. The van der Waals surface area contributed by atoms with Gasteiger partial charge in [0.05, 0.1) is 0 Å². The van der Waals surface area contributed by atoms with Gasteiger partial charge in [-0.05, 0) is 42.0 Å². The fraction of sp³-hybridized carbons (Fsp3) is 0.174. The zero-order valence-electron chi connectivity index (χ0n) is 15.7. The minimum absolute atomic E-state index is 0.188. The monoisotopic (exact) mass is 392 g/mol. The molecule has 148 valence electrons. The molecule has 4 rings (SSSR count). The van der Waals surface area contributed by atoms with Crippen molar-refractivity contribution in [3.63, 3.8) is 0 Å². The van der Waals surface area contributed by atoms with Crippen molar-refractivity contribution >= 4 is 11.0 Å². The molecule has 0 spiro atoms. The number of aromatic nitrogens is 1. The van der Waals surface area contributed by atoms with Gasteiger partial charge >= 0.3 is 0 Å². The Kier molecular flexibility index (Phi) is 5.84. The summed E-state index contributed by atoms with van der Waals surface area (Å²) in [5.74, 6) is 0.287. The molecule has 0 aliphatic heterocycles. The quantitative estimate of drug-likeness (QED) is 0.471. The summed E-state index contributed by atoms with van der Waals surface area (Å²) in [6, 6.07) is 21.7. The van der Waals surface area contributed by atoms with Crippen LogP contribution in [0.25, 0.3) is 22.2 Å². The number of aliphatic hydroxyl groups is 1. The third-order valence-electron chi connectivity index (χ3n) is 4.56. The minimum Gasteiger partial charge on any atom is -0.491 e. The highest BCUT2D eigenvalue weighted by atomic mass is 19.1. The summed E-state index contributed by atoms with van der Waals surface area (Å²) in [6.07, 6.45) is -0.618. The van der Waals surface area contributed by atoms with Crippen LogP contribution in [0.4, 0.5) is 4.39 Å². The molecule has 0 bridgehead atoms. The van der Waals surface area contributed by atoms with Gasteiger partial charge in [0, 0.05) is 30.1 Å². The fourth-order valence-electron chi connectivity index (χ4n) is 3.06. The third kappa shape index (κ3) is 4.80. The minimum atomic E-state index is -0.618. The maximum Gasteiger partial charge on any atom is 0.170 e. The first-order valence-electron chi connectivity index (χ1n) is 9.40. The number of halogens is 1. The number of ether oxygens (including phenoxy) is 1. The SMILES string of the molecule is O[C@@H](CNCc1ccccc1)COc1ccc(-c2noc3cc(F)ccc23)cc1. The van der Waals surface area contributed by atoms with Crippen LogP contribution in [0, 0.1) is 5.82 Å². The second kappa shape index (κ2) is 8.86. The lowest BCUT2D eigenvalue weighted by molar-refractivity contribution is 0.106. The molecule has 1 aromatic heterocycles. The van der Waals surface area contributed by atoms with Crippen LogP contribution >= 0.6 is 0 Å². The molecule has 5 nitrogen and oxygen atoms in total. The van der Waals surface area contributed by atoms with Gasteiger partial charge in [0.1, 0.15) is 30.0 Å². The lowest BCUT2D eigenvalue weighted by Crippen LogP contribution is -2.31. The summed E-state index contributed by atoms with van der Waals surface area (Å²) < 4.78 is 24.2. The average molecular weight is 392 g/mol. The number of hydrogen-bond acceptors (Lipinski definition) is 5. The van der Waals surface area contributed by atoms with Gasteiger partial charge in [-0.3, -0.25) is 0 Å². The Morgan fingerprint density at radius 1 is 1.03 bits per heavy atom. The molecule has 0 saturated heterocycles. The van der Waals surface area contributed by atoms with Crippen LogP contribution in [0.1, 0.15) is 5.56 Å². The van der Waals surface area contributed by atoms with Gasteiger partial charge < -0.3 is 19.7 Å². The van der Waals surface area contributed by atoms with E-state index >= 15 is 0 Å². The van der Waals surface area contributed by atoms with E-state index in [2.05, 4.69) is 10.5 Å². The van der Waals surface area contributed by atoms with Crippen molar-refractivity contribution in [2.45, 2.75) is 12.6 Å². The largest absolute Gasteiger partial charge is 0.491 e. The molecule has 0 aliphatic rings. The Hall–Kier alpha value is -3.22. The first-order chi connectivity index (χ1) is 14.2. The van der Waals surface area contributed by atoms with E-state index < -0.39 is 6.10 Å². The van der Waals surface area contributed by atoms with E-state index in [4.69, 9.17) is 9.26 Å². The Labute approximate surface area is 167 Å². The van der Waals surface area contributed by atoms with Gasteiger partial charge in [-0.25, -0.2) is 4.39 Å². The summed E-state index contributed by atoms with van der Waals surface area (Å²) in [7, 11) is 0. The number of aliphatic hydroxyl groups excluding tert-OH is 1. The van der Waals surface area contributed by atoms with Crippen molar-refractivity contribution in [1.29, 1.82) is 0 Å². The van der Waals surface area contributed by atoms with Crippen LogP contribution in [-0.2, 0) is 6.54 Å². The number of fused-ring (bicyclic) bond motifs is 1. The second-order valence-corrected chi connectivity index (χ2v) is 6.78. The Bertz CT molecular complexity index is 1060. The molecule has 0 radical (unpaired) electrons. The predicted octanol–water partition coefficient (Wildman–Crippen LogP) is 4.16. The maximum absolute atomic E-state index is 13.3. The zero-order chi connectivity index (χ0) is 20.1. The molecule has 1 heterocycles. The van der Waals surface area contributed by atoms with Gasteiger partial charge in [-0.1, -0.05) is 35.5 Å². The molecule has 0 fully saturated rings. The first-order valence-corrected chi connectivity index (χ1v) is 9.40. The van der Waals surface area contributed by atoms with E-state index in [1.165, 1.54) is 17.7 Å². The molecule has 0 unspecified atom stereocenters. The molecular weight excluding hydrogens is 371 g/mol. The lowest BCUT2D eigenvalue weighted by Gasteiger charge is -2.13. The van der Waals surface area contributed by atoms with E-state index in [1.54, 1.807) is 6.07 Å². The van der Waals surface area contributed by atoms with Crippen LogP contribution in [0.3, 0.4) is 0 Å². The predicted molar refractivity (Wildman–Crippen MR) is 109 cm³/mol. The highest BCUT2D eigenvalue weighted by molar-refractivity contribution is 5.91. The molecule has 0 aliphatic carbocycles. The van der Waals surface area contributed by atoms with Crippen LogP contribution in [0.2, 0.25) is 0 Å². The Balaban J connectivity index is 1.30. The summed E-state index contributed by atoms with van der Waals surface area (Å²) in [5.41, 5.74) is 3.07. The Morgan fingerprint density at radius 2 is 1.83 bits per heavy atom. The lowest BCUT2D eigenvalue weighted by atomic mass is 10.1. The van der Waals surface area contributed by atoms with Crippen molar-refractivity contribution in [2.75, 3.05) is 13.2 Å². The standard InChI is InChI=1S/C23H21FN2O3/c24-18-8-11-21-22(12-18)29-26-23(21)17-6-9-20(10-7-17)28-15-19(27)14-25-13-16-4-2-1-3-5-16/h1-12,19,25,27H,13-15H2/t19-/m0/s1. The smallest absolute Gasteiger partial charge is 0.170 e. The number of benzene rings is 3. The fourth-order valence-corrected chi connectivity index (χ4v) is 3.06. The summed E-state index contributed by atoms with van der Waals surface area (Å²) in [5, 5.41) is 18.1. The normalized spacial score (nSPS) is 12.2. The number of rotatable bonds is 8. The highest BCUT2D eigenvalue weighted by Gasteiger charge is 2.11. The topological polar surface area (TPSA) is 67.5 Å². The van der Waals surface area contributed by atoms with E-state index in [1.807, 2.05) is 54.6 Å². The van der Waals surface area contributed by atoms with Crippen molar-refractivity contribution in [2.24, 2.45) is 0 Å². The molecule has 1 atom stereocenters. The van der Waals surface area contributed by atoms with Crippen molar-refractivity contribution in [3.8, 4) is 17.0 Å². The molecule has 3 aromatic carbocycles. The molecule has 4 aromatic rings. The molecule has 0 amide bonds. The van der Waals surface area contributed by atoms with Gasteiger partial charge in [-0.2, -0.15) is 0 Å². The molecule has 0 saturated carbocycles. The van der Waals surface area contributed by atoms with Crippen molar-refractivity contribution in [3.05, 3.63) is 84.2 Å². The van der Waals surface area contributed by atoms with E-state index in [0.29, 0.717) is 30.1 Å². The first kappa shape index (κ1) is 19.1. The molecular formula is C23H21FN2O3.